The van der Waals surface area contributed by atoms with Gasteiger partial charge in [0, 0.05) is 16.5 Å². The van der Waals surface area contributed by atoms with Crippen molar-refractivity contribution in [2.24, 2.45) is 0 Å². The Labute approximate surface area is 169 Å². The first-order valence-electron chi connectivity index (χ1n) is 8.52. The fourth-order valence-electron chi connectivity index (χ4n) is 2.74. The fourth-order valence-corrected chi connectivity index (χ4v) is 4.32. The molecule has 4 rings (SSSR count). The maximum Gasteiger partial charge on any atom is 0.234 e. The molecule has 138 valence electrons. The summed E-state index contributed by atoms with van der Waals surface area (Å²) >= 11 is 2.89. The number of hydrogen-bond donors (Lipinski definition) is 1. The number of aromatic nitrogens is 2. The predicted octanol–water partition coefficient (Wildman–Crippen LogP) is 4.65. The molecule has 2 aromatic heterocycles. The number of para-hydroxylation sites is 1. The first-order chi connectivity index (χ1) is 13.7. The summed E-state index contributed by atoms with van der Waals surface area (Å²) in [6.07, 6.45) is 1.51. The number of thioether (sulfide) groups is 1. The average molecular weight is 406 g/mol. The van der Waals surface area contributed by atoms with E-state index in [1.807, 2.05) is 29.6 Å². The molecule has 0 atom stereocenters. The summed E-state index contributed by atoms with van der Waals surface area (Å²) in [6, 6.07) is 18.0. The van der Waals surface area contributed by atoms with Gasteiger partial charge in [-0.3, -0.25) is 9.59 Å². The van der Waals surface area contributed by atoms with Crippen molar-refractivity contribution in [3.05, 3.63) is 83.5 Å². The van der Waals surface area contributed by atoms with Gasteiger partial charge in [0.1, 0.15) is 16.2 Å². The highest BCUT2D eigenvalue weighted by Gasteiger charge is 2.15. The van der Waals surface area contributed by atoms with Crippen LogP contribution in [0.2, 0.25) is 0 Å². The van der Waals surface area contributed by atoms with Gasteiger partial charge in [-0.15, -0.1) is 11.3 Å². The maximum atomic E-state index is 12.8. The third-order valence-corrected chi connectivity index (χ3v) is 5.87. The number of nitrogens with zero attached hydrogens (tertiary/aromatic N) is 2. The number of carbonyl (C=O) groups is 2. The summed E-state index contributed by atoms with van der Waals surface area (Å²) in [7, 11) is 0. The Morgan fingerprint density at radius 2 is 1.75 bits per heavy atom. The highest BCUT2D eigenvalue weighted by Crippen LogP contribution is 2.28. The summed E-state index contributed by atoms with van der Waals surface area (Å²) < 4.78 is 0. The largest absolute Gasteiger partial charge is 0.325 e. The second-order valence-corrected chi connectivity index (χ2v) is 7.75. The zero-order valence-electron chi connectivity index (χ0n) is 14.7. The molecule has 0 aliphatic rings. The first kappa shape index (κ1) is 18.3. The van der Waals surface area contributed by atoms with Gasteiger partial charge in [-0.25, -0.2) is 9.97 Å². The van der Waals surface area contributed by atoms with Gasteiger partial charge in [-0.05, 0) is 23.6 Å². The summed E-state index contributed by atoms with van der Waals surface area (Å²) in [6.45, 7) is 0. The molecule has 2 heterocycles. The molecule has 2 aromatic carbocycles. The van der Waals surface area contributed by atoms with E-state index in [2.05, 4.69) is 15.3 Å². The molecular weight excluding hydrogens is 390 g/mol. The van der Waals surface area contributed by atoms with Gasteiger partial charge in [0.25, 0.3) is 0 Å². The Balaban J connectivity index is 1.48. The van der Waals surface area contributed by atoms with Gasteiger partial charge < -0.3 is 5.32 Å². The smallest absolute Gasteiger partial charge is 0.234 e. The third-order valence-electron chi connectivity index (χ3n) is 4.05. The highest BCUT2D eigenvalue weighted by atomic mass is 32.2. The van der Waals surface area contributed by atoms with E-state index >= 15 is 0 Å². The van der Waals surface area contributed by atoms with Crippen LogP contribution in [0, 0.1) is 0 Å². The molecule has 1 amide bonds. The highest BCUT2D eigenvalue weighted by molar-refractivity contribution is 8.00. The number of hydrogen-bond acceptors (Lipinski definition) is 6. The van der Waals surface area contributed by atoms with Crippen molar-refractivity contribution in [1.82, 2.24) is 9.97 Å². The number of ketones is 1. The number of fused-ring (bicyclic) bond motifs is 1. The van der Waals surface area contributed by atoms with Crippen LogP contribution in [0.1, 0.15) is 15.9 Å². The lowest BCUT2D eigenvalue weighted by Crippen LogP contribution is -2.17. The average Bonchev–Trinajstić information content (AvgIpc) is 3.22. The Morgan fingerprint density at radius 1 is 0.964 bits per heavy atom. The Kier molecular flexibility index (Phi) is 5.45. The summed E-state index contributed by atoms with van der Waals surface area (Å²) in [5, 5.41) is 6.53. The molecule has 0 aliphatic carbocycles. The van der Waals surface area contributed by atoms with Gasteiger partial charge in [-0.2, -0.15) is 0 Å². The number of anilines is 1. The molecule has 28 heavy (non-hydrogen) atoms. The minimum Gasteiger partial charge on any atom is -0.325 e. The van der Waals surface area contributed by atoms with Crippen molar-refractivity contribution in [2.75, 3.05) is 11.1 Å². The van der Waals surface area contributed by atoms with E-state index in [-0.39, 0.29) is 17.4 Å². The molecule has 0 spiro atoms. The van der Waals surface area contributed by atoms with Gasteiger partial charge >= 0.3 is 0 Å². The lowest BCUT2D eigenvalue weighted by Gasteiger charge is -2.10. The van der Waals surface area contributed by atoms with Crippen LogP contribution in [-0.4, -0.2) is 27.4 Å². The van der Waals surface area contributed by atoms with Crippen LogP contribution in [0.15, 0.2) is 77.4 Å². The summed E-state index contributed by atoms with van der Waals surface area (Å²) in [4.78, 5) is 34.6. The second-order valence-electron chi connectivity index (χ2n) is 5.90. The van der Waals surface area contributed by atoms with Gasteiger partial charge in [0.2, 0.25) is 5.91 Å². The molecule has 0 radical (unpaired) electrons. The molecule has 5 nitrogen and oxygen atoms in total. The zero-order valence-corrected chi connectivity index (χ0v) is 16.3. The second kappa shape index (κ2) is 8.33. The van der Waals surface area contributed by atoms with Crippen LogP contribution in [0.5, 0.6) is 0 Å². The van der Waals surface area contributed by atoms with Crippen molar-refractivity contribution in [3.63, 3.8) is 0 Å². The van der Waals surface area contributed by atoms with Crippen molar-refractivity contribution in [1.29, 1.82) is 0 Å². The maximum absolute atomic E-state index is 12.8. The van der Waals surface area contributed by atoms with E-state index < -0.39 is 0 Å². The molecule has 0 saturated heterocycles. The van der Waals surface area contributed by atoms with Crippen molar-refractivity contribution in [3.8, 4) is 0 Å². The minimum absolute atomic E-state index is 0.125. The SMILES string of the molecule is O=C(CSc1ncnc2sccc12)Nc1ccccc1C(=O)c1ccccc1. The van der Waals surface area contributed by atoms with Gasteiger partial charge in [-0.1, -0.05) is 54.2 Å². The molecule has 0 fully saturated rings. The first-order valence-corrected chi connectivity index (χ1v) is 10.4. The molecule has 0 bridgehead atoms. The van der Waals surface area contributed by atoms with Gasteiger partial charge in [0.05, 0.1) is 11.4 Å². The van der Waals surface area contributed by atoms with E-state index in [0.717, 1.165) is 15.2 Å². The number of carbonyl (C=O) groups excluding carboxylic acids is 2. The van der Waals surface area contributed by atoms with Crippen molar-refractivity contribution in [2.45, 2.75) is 5.03 Å². The predicted molar refractivity (Wildman–Crippen MR) is 113 cm³/mol. The molecule has 0 unspecified atom stereocenters. The Bertz CT molecular complexity index is 1140. The molecular formula is C21H15N3O2S2. The lowest BCUT2D eigenvalue weighted by atomic mass is 10.0. The van der Waals surface area contributed by atoms with Crippen LogP contribution in [0.25, 0.3) is 10.2 Å². The van der Waals surface area contributed by atoms with E-state index in [1.54, 1.807) is 36.4 Å². The fraction of sp³-hybridized carbons (Fsp3) is 0.0476. The zero-order chi connectivity index (χ0) is 19.3. The monoisotopic (exact) mass is 405 g/mol. The van der Waals surface area contributed by atoms with Crippen LogP contribution in [0.4, 0.5) is 5.69 Å². The van der Waals surface area contributed by atoms with Crippen molar-refractivity contribution >= 4 is 50.7 Å². The van der Waals surface area contributed by atoms with Crippen LogP contribution >= 0.6 is 23.1 Å². The third kappa shape index (κ3) is 3.95. The van der Waals surface area contributed by atoms with E-state index in [9.17, 15) is 9.59 Å². The van der Waals surface area contributed by atoms with E-state index in [4.69, 9.17) is 0 Å². The summed E-state index contributed by atoms with van der Waals surface area (Å²) in [5.74, 6) is -0.129. The number of amides is 1. The van der Waals surface area contributed by atoms with Crippen LogP contribution < -0.4 is 5.32 Å². The normalized spacial score (nSPS) is 10.7. The minimum atomic E-state index is -0.194. The quantitative estimate of drug-likeness (QED) is 0.287. The molecule has 1 N–H and O–H groups in total. The Hall–Kier alpha value is -3.03. The standard InChI is InChI=1S/C21H15N3O2S2/c25-18(12-28-21-16-10-11-27-20(16)22-13-23-21)24-17-9-5-4-8-15(17)19(26)14-6-2-1-3-7-14/h1-11,13H,12H2,(H,24,25). The molecule has 0 aliphatic heterocycles. The molecule has 4 aromatic rings. The van der Waals surface area contributed by atoms with Crippen LogP contribution in [-0.2, 0) is 4.79 Å². The van der Waals surface area contributed by atoms with E-state index in [0.29, 0.717) is 16.8 Å². The number of nitrogens with one attached hydrogen (secondary N) is 1. The van der Waals surface area contributed by atoms with E-state index in [1.165, 1.54) is 29.4 Å². The number of rotatable bonds is 6. The van der Waals surface area contributed by atoms with Crippen molar-refractivity contribution < 1.29 is 9.59 Å². The van der Waals surface area contributed by atoms with Crippen LogP contribution in [0.3, 0.4) is 0 Å². The number of benzene rings is 2. The molecule has 7 heteroatoms. The molecule has 0 saturated carbocycles. The summed E-state index contributed by atoms with van der Waals surface area (Å²) in [5.41, 5.74) is 1.55. The van der Waals surface area contributed by atoms with Gasteiger partial charge in [0.15, 0.2) is 5.78 Å². The number of thiophene rings is 1. The topological polar surface area (TPSA) is 72.0 Å². The lowest BCUT2D eigenvalue weighted by molar-refractivity contribution is -0.113. The Morgan fingerprint density at radius 3 is 2.61 bits per heavy atom.